The van der Waals surface area contributed by atoms with Crippen molar-refractivity contribution in [1.82, 2.24) is 4.90 Å². The van der Waals surface area contributed by atoms with Gasteiger partial charge in [-0.25, -0.2) is 0 Å². The number of carbonyl (C=O) groups excluding carboxylic acids is 1. The highest BCUT2D eigenvalue weighted by atomic mass is 16.3. The molecule has 14 heavy (non-hydrogen) atoms. The molecular formula is C11H21NO2. The number of carbonyl (C=O) groups is 1. The van der Waals surface area contributed by atoms with E-state index in [9.17, 15) is 4.79 Å². The summed E-state index contributed by atoms with van der Waals surface area (Å²) in [5.41, 5.74) is 0. The predicted molar refractivity (Wildman–Crippen MR) is 56.2 cm³/mol. The zero-order valence-corrected chi connectivity index (χ0v) is 9.04. The number of aliphatic hydroxyl groups is 1. The van der Waals surface area contributed by atoms with E-state index < -0.39 is 0 Å². The Morgan fingerprint density at radius 3 is 2.57 bits per heavy atom. The zero-order chi connectivity index (χ0) is 10.4. The Morgan fingerprint density at radius 1 is 1.43 bits per heavy atom. The van der Waals surface area contributed by atoms with E-state index in [0.29, 0.717) is 31.3 Å². The van der Waals surface area contributed by atoms with Crippen molar-refractivity contribution in [2.75, 3.05) is 26.2 Å². The third-order valence-corrected chi connectivity index (χ3v) is 2.89. The largest absolute Gasteiger partial charge is 0.396 e. The lowest BCUT2D eigenvalue weighted by Crippen LogP contribution is -2.38. The van der Waals surface area contributed by atoms with E-state index in [-0.39, 0.29) is 0 Å². The van der Waals surface area contributed by atoms with Gasteiger partial charge in [-0.15, -0.1) is 0 Å². The molecule has 3 heteroatoms. The number of nitrogens with zero attached hydrogens (tertiary/aromatic N) is 1. The second-order valence-corrected chi connectivity index (χ2v) is 4.19. The van der Waals surface area contributed by atoms with E-state index in [1.165, 1.54) is 0 Å². The summed E-state index contributed by atoms with van der Waals surface area (Å²) in [6.45, 7) is 4.90. The first-order valence-corrected chi connectivity index (χ1v) is 5.61. The fraction of sp³-hybridized carbons (Fsp3) is 0.909. The highest BCUT2D eigenvalue weighted by Crippen LogP contribution is 2.16. The molecule has 1 aliphatic rings. The average molecular weight is 199 g/mol. The zero-order valence-electron chi connectivity index (χ0n) is 9.04. The lowest BCUT2D eigenvalue weighted by Gasteiger charge is -2.30. The Labute approximate surface area is 86.1 Å². The topological polar surface area (TPSA) is 40.5 Å². The lowest BCUT2D eigenvalue weighted by atomic mass is 9.97. The summed E-state index contributed by atoms with van der Waals surface area (Å²) in [7, 11) is 0. The van der Waals surface area contributed by atoms with Crippen molar-refractivity contribution in [3.05, 3.63) is 0 Å². The molecule has 0 spiro atoms. The molecule has 0 unspecified atom stereocenters. The molecule has 1 rings (SSSR count). The second kappa shape index (κ2) is 6.14. The average Bonchev–Trinajstić information content (AvgIpc) is 2.19. The number of hydrogen-bond acceptors (Lipinski definition) is 3. The smallest absolute Gasteiger partial charge is 0.146 e. The van der Waals surface area contributed by atoms with E-state index in [2.05, 4.69) is 4.90 Å². The fourth-order valence-corrected chi connectivity index (χ4v) is 1.93. The number of piperidine rings is 1. The van der Waals surface area contributed by atoms with Gasteiger partial charge in [0.25, 0.3) is 0 Å². The van der Waals surface area contributed by atoms with Gasteiger partial charge >= 0.3 is 0 Å². The van der Waals surface area contributed by atoms with Crippen LogP contribution in [0.4, 0.5) is 0 Å². The van der Waals surface area contributed by atoms with Gasteiger partial charge in [0.1, 0.15) is 5.78 Å². The first kappa shape index (κ1) is 11.7. The van der Waals surface area contributed by atoms with Crippen LogP contribution in [0.1, 0.15) is 32.6 Å². The Hall–Kier alpha value is -0.410. The van der Waals surface area contributed by atoms with Crippen molar-refractivity contribution >= 4 is 5.78 Å². The van der Waals surface area contributed by atoms with Crippen LogP contribution in [-0.2, 0) is 4.79 Å². The molecule has 1 aliphatic heterocycles. The number of aliphatic hydroxyl groups excluding tert-OH is 1. The Morgan fingerprint density at radius 2 is 2.07 bits per heavy atom. The highest BCUT2D eigenvalue weighted by molar-refractivity contribution is 5.80. The number of Topliss-reactive ketones (excluding diaryl/α,β-unsaturated/α-hetero) is 1. The molecule has 1 heterocycles. The first-order valence-electron chi connectivity index (χ1n) is 5.61. The van der Waals surface area contributed by atoms with Gasteiger partial charge in [0.2, 0.25) is 0 Å². The summed E-state index contributed by atoms with van der Waals surface area (Å²) >= 11 is 0. The number of likely N-dealkylation sites (tertiary alicyclic amines) is 1. The number of rotatable bonds is 5. The van der Waals surface area contributed by atoms with Crippen LogP contribution >= 0.6 is 0 Å². The van der Waals surface area contributed by atoms with Crippen LogP contribution in [0.3, 0.4) is 0 Å². The van der Waals surface area contributed by atoms with Crippen LogP contribution in [0, 0.1) is 5.92 Å². The van der Waals surface area contributed by atoms with Gasteiger partial charge in [-0.1, -0.05) is 6.92 Å². The lowest BCUT2D eigenvalue weighted by molar-refractivity contribution is -0.120. The molecule has 0 saturated carbocycles. The van der Waals surface area contributed by atoms with Crippen LogP contribution in [0.2, 0.25) is 0 Å². The summed E-state index contributed by atoms with van der Waals surface area (Å²) < 4.78 is 0. The maximum atomic E-state index is 11.4. The maximum absolute atomic E-state index is 11.4. The molecule has 0 aliphatic carbocycles. The molecule has 0 aromatic heterocycles. The van der Waals surface area contributed by atoms with Gasteiger partial charge in [0, 0.05) is 13.0 Å². The minimum Gasteiger partial charge on any atom is -0.396 e. The third kappa shape index (κ3) is 3.76. The predicted octanol–water partition coefficient (Wildman–Crippen LogP) is 1.06. The molecule has 0 aromatic rings. The highest BCUT2D eigenvalue weighted by Gasteiger charge is 2.19. The van der Waals surface area contributed by atoms with Crippen molar-refractivity contribution in [2.24, 2.45) is 5.92 Å². The molecule has 0 atom stereocenters. The molecule has 1 N–H and O–H groups in total. The molecule has 3 nitrogen and oxygen atoms in total. The van der Waals surface area contributed by atoms with Crippen LogP contribution < -0.4 is 0 Å². The SMILES string of the molecule is CCCC(=O)CN1CCC(CO)CC1. The van der Waals surface area contributed by atoms with Crippen LogP contribution in [0.5, 0.6) is 0 Å². The van der Waals surface area contributed by atoms with Crippen molar-refractivity contribution < 1.29 is 9.90 Å². The number of hydrogen-bond donors (Lipinski definition) is 1. The minimum atomic E-state index is 0.302. The van der Waals surface area contributed by atoms with E-state index >= 15 is 0 Å². The van der Waals surface area contributed by atoms with Gasteiger partial charge in [-0.2, -0.15) is 0 Å². The summed E-state index contributed by atoms with van der Waals surface area (Å²) in [5.74, 6) is 0.822. The first-order chi connectivity index (χ1) is 6.76. The summed E-state index contributed by atoms with van der Waals surface area (Å²) in [5, 5.41) is 8.96. The fourth-order valence-electron chi connectivity index (χ4n) is 1.93. The Kier molecular flexibility index (Phi) is 5.12. The standard InChI is InChI=1S/C11H21NO2/c1-2-3-11(14)8-12-6-4-10(9-13)5-7-12/h10,13H,2-9H2,1H3. The molecule has 1 saturated heterocycles. The third-order valence-electron chi connectivity index (χ3n) is 2.89. The van der Waals surface area contributed by atoms with E-state index in [0.717, 1.165) is 32.4 Å². The molecule has 0 bridgehead atoms. The van der Waals surface area contributed by atoms with Gasteiger partial charge in [0.05, 0.1) is 6.54 Å². The van der Waals surface area contributed by atoms with Crippen LogP contribution in [-0.4, -0.2) is 42.0 Å². The molecule has 0 amide bonds. The molecule has 1 fully saturated rings. The van der Waals surface area contributed by atoms with Crippen molar-refractivity contribution in [2.45, 2.75) is 32.6 Å². The molecule has 0 aromatic carbocycles. The van der Waals surface area contributed by atoms with Gasteiger partial charge in [0.15, 0.2) is 0 Å². The minimum absolute atomic E-state index is 0.302. The van der Waals surface area contributed by atoms with Crippen LogP contribution in [0.15, 0.2) is 0 Å². The summed E-state index contributed by atoms with van der Waals surface area (Å²) in [4.78, 5) is 13.6. The van der Waals surface area contributed by atoms with Crippen LogP contribution in [0.25, 0.3) is 0 Å². The Bertz CT molecular complexity index is 174. The quantitative estimate of drug-likeness (QED) is 0.719. The van der Waals surface area contributed by atoms with Gasteiger partial charge in [-0.3, -0.25) is 9.69 Å². The van der Waals surface area contributed by atoms with Crippen molar-refractivity contribution in [3.63, 3.8) is 0 Å². The number of ketones is 1. The van der Waals surface area contributed by atoms with E-state index in [4.69, 9.17) is 5.11 Å². The van der Waals surface area contributed by atoms with Gasteiger partial charge in [-0.05, 0) is 38.3 Å². The van der Waals surface area contributed by atoms with Crippen molar-refractivity contribution in [1.29, 1.82) is 0 Å². The second-order valence-electron chi connectivity index (χ2n) is 4.19. The maximum Gasteiger partial charge on any atom is 0.146 e. The molecule has 82 valence electrons. The van der Waals surface area contributed by atoms with Gasteiger partial charge < -0.3 is 5.11 Å². The Balaban J connectivity index is 2.18. The molecule has 0 radical (unpaired) electrons. The van der Waals surface area contributed by atoms with E-state index in [1.807, 2.05) is 6.92 Å². The molecular weight excluding hydrogens is 178 g/mol. The monoisotopic (exact) mass is 199 g/mol. The summed E-state index contributed by atoms with van der Waals surface area (Å²) in [6, 6.07) is 0. The summed E-state index contributed by atoms with van der Waals surface area (Å²) in [6.07, 6.45) is 3.73. The normalized spacial score (nSPS) is 19.9. The van der Waals surface area contributed by atoms with Crippen molar-refractivity contribution in [3.8, 4) is 0 Å². The van der Waals surface area contributed by atoms with E-state index in [1.54, 1.807) is 0 Å².